The molecule has 1 aromatic rings. The van der Waals surface area contributed by atoms with E-state index in [2.05, 4.69) is 41.8 Å². The number of methoxy groups -OCH3 is 1. The molecule has 2 atom stereocenters. The fraction of sp³-hybridized carbons (Fsp3) is 0.741. The zero-order valence-corrected chi connectivity index (χ0v) is 20.4. The van der Waals surface area contributed by atoms with Crippen LogP contribution in [0.1, 0.15) is 69.9 Å². The zero-order chi connectivity index (χ0) is 22.6. The van der Waals surface area contributed by atoms with Gasteiger partial charge in [0.2, 0.25) is 5.91 Å². The molecule has 3 heterocycles. The molecule has 0 aromatic heterocycles. The van der Waals surface area contributed by atoms with Gasteiger partial charge >= 0.3 is 0 Å². The van der Waals surface area contributed by atoms with Crippen LogP contribution in [-0.2, 0) is 22.4 Å². The number of piperidine rings is 2. The standard InChI is InChI=1S/C27H42N2O3/c1-27(2)13-12-22-18-21(10-11-25(22)32-27)19-26(30)29(16-7-17-31-3)20-23-8-6-15-28-14-5-4-9-24(23)28/h10-11,18,23-24H,4-9,12-17,19-20H2,1-3H3. The first kappa shape index (κ1) is 23.6. The predicted molar refractivity (Wildman–Crippen MR) is 128 cm³/mol. The van der Waals surface area contributed by atoms with Gasteiger partial charge in [-0.1, -0.05) is 18.6 Å². The summed E-state index contributed by atoms with van der Waals surface area (Å²) in [5, 5.41) is 0. The van der Waals surface area contributed by atoms with E-state index in [-0.39, 0.29) is 11.5 Å². The molecule has 0 bridgehead atoms. The highest BCUT2D eigenvalue weighted by atomic mass is 16.5. The molecule has 2 fully saturated rings. The van der Waals surface area contributed by atoms with Crippen LogP contribution in [0.5, 0.6) is 5.75 Å². The number of benzene rings is 1. The van der Waals surface area contributed by atoms with E-state index >= 15 is 0 Å². The van der Waals surface area contributed by atoms with Gasteiger partial charge in [0.15, 0.2) is 0 Å². The van der Waals surface area contributed by atoms with Gasteiger partial charge in [-0.15, -0.1) is 0 Å². The second kappa shape index (κ2) is 10.6. The Hall–Kier alpha value is -1.59. The van der Waals surface area contributed by atoms with Crippen molar-refractivity contribution < 1.29 is 14.3 Å². The third-order valence-corrected chi connectivity index (χ3v) is 7.68. The summed E-state index contributed by atoms with van der Waals surface area (Å²) in [5.41, 5.74) is 2.25. The number of rotatable bonds is 8. The van der Waals surface area contributed by atoms with Crippen LogP contribution in [0.3, 0.4) is 0 Å². The van der Waals surface area contributed by atoms with Crippen molar-refractivity contribution in [1.82, 2.24) is 9.80 Å². The molecule has 4 rings (SSSR count). The molecule has 0 N–H and O–H groups in total. The van der Waals surface area contributed by atoms with Crippen molar-refractivity contribution in [1.29, 1.82) is 0 Å². The van der Waals surface area contributed by atoms with E-state index in [1.165, 1.54) is 50.8 Å². The van der Waals surface area contributed by atoms with E-state index < -0.39 is 0 Å². The highest BCUT2D eigenvalue weighted by Gasteiger charge is 2.34. The van der Waals surface area contributed by atoms with Gasteiger partial charge in [0.05, 0.1) is 6.42 Å². The summed E-state index contributed by atoms with van der Waals surface area (Å²) in [4.78, 5) is 18.3. The lowest BCUT2D eigenvalue weighted by Gasteiger charge is -2.45. The Morgan fingerprint density at radius 1 is 1.22 bits per heavy atom. The third kappa shape index (κ3) is 5.85. The first-order valence-electron chi connectivity index (χ1n) is 12.8. The molecular weight excluding hydrogens is 400 g/mol. The van der Waals surface area contributed by atoms with Crippen LogP contribution in [0, 0.1) is 5.92 Å². The molecule has 2 unspecified atom stereocenters. The molecule has 3 aliphatic heterocycles. The number of hydrogen-bond acceptors (Lipinski definition) is 4. The van der Waals surface area contributed by atoms with Gasteiger partial charge in [0.25, 0.3) is 0 Å². The van der Waals surface area contributed by atoms with E-state index in [1.54, 1.807) is 7.11 Å². The molecule has 1 aromatic carbocycles. The Morgan fingerprint density at radius 3 is 2.91 bits per heavy atom. The first-order valence-corrected chi connectivity index (χ1v) is 12.8. The Balaban J connectivity index is 1.42. The smallest absolute Gasteiger partial charge is 0.227 e. The van der Waals surface area contributed by atoms with Gasteiger partial charge in [-0.3, -0.25) is 4.79 Å². The molecule has 3 aliphatic rings. The Morgan fingerprint density at radius 2 is 2.06 bits per heavy atom. The van der Waals surface area contributed by atoms with Crippen molar-refractivity contribution >= 4 is 5.91 Å². The number of nitrogens with zero attached hydrogens (tertiary/aromatic N) is 2. The van der Waals surface area contributed by atoms with Crippen molar-refractivity contribution in [2.75, 3.05) is 39.9 Å². The minimum absolute atomic E-state index is 0.102. The SMILES string of the molecule is COCCCN(CC1CCCN2CCCCC12)C(=O)Cc1ccc2c(c1)CCC(C)(C)O2. The lowest BCUT2D eigenvalue weighted by molar-refractivity contribution is -0.132. The maximum Gasteiger partial charge on any atom is 0.227 e. The molecule has 178 valence electrons. The topological polar surface area (TPSA) is 42.0 Å². The number of aryl methyl sites for hydroxylation is 1. The second-order valence-electron chi connectivity index (χ2n) is 10.7. The van der Waals surface area contributed by atoms with Crippen LogP contribution < -0.4 is 4.74 Å². The van der Waals surface area contributed by atoms with Crippen molar-refractivity contribution in [3.63, 3.8) is 0 Å². The van der Waals surface area contributed by atoms with E-state index in [1.807, 2.05) is 0 Å². The Kier molecular flexibility index (Phi) is 7.78. The van der Waals surface area contributed by atoms with Gasteiger partial charge in [0, 0.05) is 32.8 Å². The van der Waals surface area contributed by atoms with E-state index in [9.17, 15) is 4.79 Å². The molecule has 0 aliphatic carbocycles. The molecule has 0 radical (unpaired) electrons. The largest absolute Gasteiger partial charge is 0.488 e. The summed E-state index contributed by atoms with van der Waals surface area (Å²) in [6, 6.07) is 7.00. The number of ether oxygens (including phenoxy) is 2. The van der Waals surface area contributed by atoms with Crippen molar-refractivity contribution in [3.05, 3.63) is 29.3 Å². The van der Waals surface area contributed by atoms with E-state index in [4.69, 9.17) is 9.47 Å². The first-order chi connectivity index (χ1) is 15.4. The molecule has 32 heavy (non-hydrogen) atoms. The van der Waals surface area contributed by atoms with Crippen LogP contribution in [0.2, 0.25) is 0 Å². The van der Waals surface area contributed by atoms with Crippen LogP contribution in [0.4, 0.5) is 0 Å². The van der Waals surface area contributed by atoms with Gasteiger partial charge in [-0.2, -0.15) is 0 Å². The number of amides is 1. The van der Waals surface area contributed by atoms with Crippen LogP contribution in [0.15, 0.2) is 18.2 Å². The summed E-state index contributed by atoms with van der Waals surface area (Å²) < 4.78 is 11.4. The molecule has 5 heteroatoms. The molecule has 2 saturated heterocycles. The summed E-state index contributed by atoms with van der Waals surface area (Å²) in [6.45, 7) is 9.16. The number of fused-ring (bicyclic) bond motifs is 2. The van der Waals surface area contributed by atoms with Gasteiger partial charge in [-0.05, 0) is 95.0 Å². The third-order valence-electron chi connectivity index (χ3n) is 7.68. The highest BCUT2D eigenvalue weighted by Crippen LogP contribution is 2.34. The molecular formula is C27H42N2O3. The Bertz CT molecular complexity index is 776. The lowest BCUT2D eigenvalue weighted by atomic mass is 9.83. The Labute approximate surface area is 194 Å². The van der Waals surface area contributed by atoms with E-state index in [0.29, 0.717) is 25.0 Å². The number of carbonyl (C=O) groups is 1. The average molecular weight is 443 g/mol. The average Bonchev–Trinajstić information content (AvgIpc) is 2.78. The van der Waals surface area contributed by atoms with Gasteiger partial charge in [0.1, 0.15) is 11.4 Å². The molecule has 0 spiro atoms. The second-order valence-corrected chi connectivity index (χ2v) is 10.7. The summed E-state index contributed by atoms with van der Waals surface area (Å²) in [7, 11) is 1.74. The van der Waals surface area contributed by atoms with Crippen molar-refractivity contribution in [2.45, 2.75) is 83.3 Å². The minimum atomic E-state index is -0.102. The monoisotopic (exact) mass is 442 g/mol. The van der Waals surface area contributed by atoms with Gasteiger partial charge in [-0.25, -0.2) is 0 Å². The quantitative estimate of drug-likeness (QED) is 0.558. The summed E-state index contributed by atoms with van der Waals surface area (Å²) in [6.07, 6.45) is 9.89. The normalized spacial score (nSPS) is 24.8. The summed E-state index contributed by atoms with van der Waals surface area (Å²) in [5.74, 6) is 1.84. The van der Waals surface area contributed by atoms with E-state index in [0.717, 1.165) is 43.7 Å². The number of hydrogen-bond donors (Lipinski definition) is 0. The maximum absolute atomic E-state index is 13.5. The minimum Gasteiger partial charge on any atom is -0.488 e. The summed E-state index contributed by atoms with van der Waals surface area (Å²) >= 11 is 0. The molecule has 0 saturated carbocycles. The fourth-order valence-corrected chi connectivity index (χ4v) is 5.90. The van der Waals surface area contributed by atoms with Crippen molar-refractivity contribution in [3.8, 4) is 5.75 Å². The van der Waals surface area contributed by atoms with Gasteiger partial charge < -0.3 is 19.3 Å². The van der Waals surface area contributed by atoms with Crippen LogP contribution in [-0.4, -0.2) is 67.2 Å². The number of carbonyl (C=O) groups excluding carboxylic acids is 1. The predicted octanol–water partition coefficient (Wildman–Crippen LogP) is 4.46. The lowest BCUT2D eigenvalue weighted by Crippen LogP contribution is -2.52. The fourth-order valence-electron chi connectivity index (χ4n) is 5.90. The maximum atomic E-state index is 13.5. The zero-order valence-electron chi connectivity index (χ0n) is 20.4. The molecule has 5 nitrogen and oxygen atoms in total. The van der Waals surface area contributed by atoms with Crippen molar-refractivity contribution in [2.24, 2.45) is 5.92 Å². The van der Waals surface area contributed by atoms with Crippen LogP contribution in [0.25, 0.3) is 0 Å². The van der Waals surface area contributed by atoms with Crippen LogP contribution >= 0.6 is 0 Å². The highest BCUT2D eigenvalue weighted by molar-refractivity contribution is 5.79. The molecule has 1 amide bonds.